The highest BCUT2D eigenvalue weighted by atomic mass is 19.4. The van der Waals surface area contributed by atoms with Crippen molar-refractivity contribution in [3.05, 3.63) is 59.2 Å². The van der Waals surface area contributed by atoms with E-state index in [1.165, 1.54) is 12.1 Å². The molecule has 4 nitrogen and oxygen atoms in total. The number of carbonyl (C=O) groups is 1. The normalized spacial score (nSPS) is 16.0. The third kappa shape index (κ3) is 4.35. The fraction of sp³-hybridized carbons (Fsp3) is 0.350. The Morgan fingerprint density at radius 2 is 2.00 bits per heavy atom. The molecule has 1 aliphatic rings. The lowest BCUT2D eigenvalue weighted by atomic mass is 10.00. The molecule has 1 heterocycles. The van der Waals surface area contributed by atoms with Crippen molar-refractivity contribution in [2.75, 3.05) is 6.61 Å². The Hall–Kier alpha value is -2.70. The molecule has 1 N–H and O–H groups in total. The predicted molar refractivity (Wildman–Crippen MR) is 93.7 cm³/mol. The summed E-state index contributed by atoms with van der Waals surface area (Å²) >= 11 is 0. The Morgan fingerprint density at radius 1 is 1.26 bits per heavy atom. The van der Waals surface area contributed by atoms with Crippen molar-refractivity contribution >= 4 is 5.91 Å². The molecule has 3 rings (SSSR count). The van der Waals surface area contributed by atoms with Crippen molar-refractivity contribution < 1.29 is 27.4 Å². The number of carbonyl (C=O) groups excluding carboxylic acids is 1. The van der Waals surface area contributed by atoms with Crippen molar-refractivity contribution in [1.29, 1.82) is 0 Å². The first-order valence-corrected chi connectivity index (χ1v) is 8.62. The number of fused-ring (bicyclic) bond motifs is 1. The van der Waals surface area contributed by atoms with E-state index in [1.807, 2.05) is 0 Å². The highest BCUT2D eigenvalue weighted by Gasteiger charge is 2.35. The van der Waals surface area contributed by atoms with Crippen LogP contribution in [0.5, 0.6) is 11.5 Å². The summed E-state index contributed by atoms with van der Waals surface area (Å²) in [5.74, 6) is -0.121. The molecule has 1 amide bonds. The van der Waals surface area contributed by atoms with Crippen LogP contribution in [-0.2, 0) is 17.5 Å². The topological polar surface area (TPSA) is 47.6 Å². The molecule has 0 aromatic heterocycles. The quantitative estimate of drug-likeness (QED) is 0.843. The highest BCUT2D eigenvalue weighted by molar-refractivity contribution is 5.85. The molecule has 2 aromatic rings. The number of hydrogen-bond donors (Lipinski definition) is 1. The first-order valence-electron chi connectivity index (χ1n) is 8.62. The molecule has 1 aliphatic heterocycles. The Morgan fingerprint density at radius 3 is 2.70 bits per heavy atom. The van der Waals surface area contributed by atoms with Crippen molar-refractivity contribution in [3.63, 3.8) is 0 Å². The Kier molecular flexibility index (Phi) is 5.30. The minimum absolute atomic E-state index is 0.0147. The van der Waals surface area contributed by atoms with Gasteiger partial charge < -0.3 is 14.8 Å². The van der Waals surface area contributed by atoms with E-state index < -0.39 is 17.7 Å². The van der Waals surface area contributed by atoms with Crippen molar-refractivity contribution in [2.24, 2.45) is 0 Å². The standard InChI is InChI=1S/C20H20F3NO3/c1-12(2)27-14-8-7-13(17(9-14)20(21,22)23)10-24-19(25)16-11-26-18-6-4-3-5-15(16)18/h3-9,12,16H,10-11H2,1-2H3,(H,24,25). The lowest BCUT2D eigenvalue weighted by Gasteiger charge is -2.17. The number of rotatable bonds is 5. The number of amides is 1. The number of halogens is 3. The molecule has 1 atom stereocenters. The molecule has 7 heteroatoms. The van der Waals surface area contributed by atoms with E-state index >= 15 is 0 Å². The van der Waals surface area contributed by atoms with Gasteiger partial charge in [-0.1, -0.05) is 24.3 Å². The first kappa shape index (κ1) is 19.1. The van der Waals surface area contributed by atoms with E-state index in [0.717, 1.165) is 11.6 Å². The monoisotopic (exact) mass is 379 g/mol. The van der Waals surface area contributed by atoms with Crippen molar-refractivity contribution in [3.8, 4) is 11.5 Å². The molecule has 27 heavy (non-hydrogen) atoms. The molecule has 0 spiro atoms. The third-order valence-corrected chi connectivity index (χ3v) is 4.23. The lowest BCUT2D eigenvalue weighted by molar-refractivity contribution is -0.138. The summed E-state index contributed by atoms with van der Waals surface area (Å²) in [6.45, 7) is 3.43. The summed E-state index contributed by atoms with van der Waals surface area (Å²) in [6, 6.07) is 10.9. The molecule has 2 aromatic carbocycles. The van der Waals surface area contributed by atoms with Crippen LogP contribution in [0.4, 0.5) is 13.2 Å². The van der Waals surface area contributed by atoms with Gasteiger partial charge in [-0.2, -0.15) is 13.2 Å². The molecule has 0 saturated heterocycles. The summed E-state index contributed by atoms with van der Waals surface area (Å²) in [5, 5.41) is 2.59. The molecule has 0 saturated carbocycles. The van der Waals surface area contributed by atoms with Crippen molar-refractivity contribution in [1.82, 2.24) is 5.32 Å². The lowest BCUT2D eigenvalue weighted by Crippen LogP contribution is -2.30. The van der Waals surface area contributed by atoms with Gasteiger partial charge in [0.25, 0.3) is 0 Å². The molecule has 0 radical (unpaired) electrons. The zero-order valence-electron chi connectivity index (χ0n) is 15.0. The maximum Gasteiger partial charge on any atom is 0.416 e. The van der Waals surface area contributed by atoms with Crippen LogP contribution in [0.1, 0.15) is 36.5 Å². The van der Waals surface area contributed by atoms with Gasteiger partial charge in [0.05, 0.1) is 11.7 Å². The number of benzene rings is 2. The van der Waals surface area contributed by atoms with Gasteiger partial charge in [0.2, 0.25) is 5.91 Å². The van der Waals surface area contributed by atoms with Crippen LogP contribution < -0.4 is 14.8 Å². The maximum atomic E-state index is 13.4. The molecule has 0 bridgehead atoms. The van der Waals surface area contributed by atoms with Gasteiger partial charge in [-0.25, -0.2) is 0 Å². The van der Waals surface area contributed by atoms with Crippen LogP contribution in [0.25, 0.3) is 0 Å². The molecular weight excluding hydrogens is 359 g/mol. The fourth-order valence-electron chi connectivity index (χ4n) is 3.00. The van der Waals surface area contributed by atoms with Crippen LogP contribution in [0.2, 0.25) is 0 Å². The maximum absolute atomic E-state index is 13.4. The van der Waals surface area contributed by atoms with E-state index in [4.69, 9.17) is 9.47 Å². The summed E-state index contributed by atoms with van der Waals surface area (Å²) < 4.78 is 51.0. The van der Waals surface area contributed by atoms with Crippen LogP contribution in [-0.4, -0.2) is 18.6 Å². The number of para-hydroxylation sites is 1. The van der Waals surface area contributed by atoms with Gasteiger partial charge in [-0.3, -0.25) is 4.79 Å². The van der Waals surface area contributed by atoms with Crippen LogP contribution in [0.15, 0.2) is 42.5 Å². The number of hydrogen-bond acceptors (Lipinski definition) is 3. The average Bonchev–Trinajstić information content (AvgIpc) is 3.03. The second-order valence-electron chi connectivity index (χ2n) is 6.60. The second-order valence-corrected chi connectivity index (χ2v) is 6.60. The largest absolute Gasteiger partial charge is 0.492 e. The van der Waals surface area contributed by atoms with E-state index in [1.54, 1.807) is 38.1 Å². The van der Waals surface area contributed by atoms with Gasteiger partial charge in [0.15, 0.2) is 0 Å². The smallest absolute Gasteiger partial charge is 0.416 e. The van der Waals surface area contributed by atoms with Gasteiger partial charge in [-0.15, -0.1) is 0 Å². The first-order chi connectivity index (χ1) is 12.8. The van der Waals surface area contributed by atoms with E-state index in [-0.39, 0.29) is 36.5 Å². The Bertz CT molecular complexity index is 833. The summed E-state index contributed by atoms with van der Waals surface area (Å²) in [6.07, 6.45) is -4.78. The van der Waals surface area contributed by atoms with E-state index in [9.17, 15) is 18.0 Å². The zero-order chi connectivity index (χ0) is 19.6. The van der Waals surface area contributed by atoms with E-state index in [2.05, 4.69) is 5.32 Å². The van der Waals surface area contributed by atoms with Crippen molar-refractivity contribution in [2.45, 2.75) is 38.6 Å². The minimum Gasteiger partial charge on any atom is -0.492 e. The van der Waals surface area contributed by atoms with Crippen LogP contribution in [0.3, 0.4) is 0 Å². The molecule has 1 unspecified atom stereocenters. The van der Waals surface area contributed by atoms with Gasteiger partial charge in [0, 0.05) is 12.1 Å². The number of ether oxygens (including phenoxy) is 2. The number of nitrogens with one attached hydrogen (secondary N) is 1. The van der Waals surface area contributed by atoms with Gasteiger partial charge in [0.1, 0.15) is 24.0 Å². The minimum atomic E-state index is -4.54. The number of alkyl halides is 3. The molecule has 144 valence electrons. The highest BCUT2D eigenvalue weighted by Crippen LogP contribution is 2.36. The van der Waals surface area contributed by atoms with Crippen LogP contribution >= 0.6 is 0 Å². The average molecular weight is 379 g/mol. The van der Waals surface area contributed by atoms with Crippen LogP contribution in [0, 0.1) is 0 Å². The summed E-state index contributed by atoms with van der Waals surface area (Å²) in [5.41, 5.74) is -0.0881. The molecule has 0 fully saturated rings. The van der Waals surface area contributed by atoms with E-state index in [0.29, 0.717) is 5.75 Å². The predicted octanol–water partition coefficient (Wildman–Crippen LogP) is 4.29. The molecular formula is C20H20F3NO3. The fourth-order valence-corrected chi connectivity index (χ4v) is 3.00. The zero-order valence-corrected chi connectivity index (χ0v) is 15.0. The Labute approximate surface area is 155 Å². The SMILES string of the molecule is CC(C)Oc1ccc(CNC(=O)C2COc3ccccc32)c(C(F)(F)F)c1. The summed E-state index contributed by atoms with van der Waals surface area (Å²) in [4.78, 5) is 12.5. The second kappa shape index (κ2) is 7.50. The third-order valence-electron chi connectivity index (χ3n) is 4.23. The molecule has 0 aliphatic carbocycles. The van der Waals surface area contributed by atoms with Gasteiger partial charge in [-0.05, 0) is 37.6 Å². The summed E-state index contributed by atoms with van der Waals surface area (Å²) in [7, 11) is 0. The Balaban J connectivity index is 1.75. The van der Waals surface area contributed by atoms with Gasteiger partial charge >= 0.3 is 6.18 Å².